The lowest BCUT2D eigenvalue weighted by Crippen LogP contribution is -2.57. The van der Waals surface area contributed by atoms with Crippen LogP contribution in [-0.2, 0) is 15.7 Å². The summed E-state index contributed by atoms with van der Waals surface area (Å²) in [5.41, 5.74) is -0.422. The molecule has 6 rings (SSSR count). The van der Waals surface area contributed by atoms with E-state index in [1.165, 1.54) is 15.9 Å². The smallest absolute Gasteiger partial charge is 0.381 e. The average Bonchev–Trinajstić information content (AvgIpc) is 3.76. The minimum Gasteiger partial charge on any atom is -0.381 e. The molecule has 3 heterocycles. The quantitative estimate of drug-likeness (QED) is 0.441. The first-order valence-electron chi connectivity index (χ1n) is 15.3. The monoisotopic (exact) mass is 612 g/mol. The zero-order valence-corrected chi connectivity index (χ0v) is 24.5. The van der Waals surface area contributed by atoms with E-state index in [0.29, 0.717) is 37.4 Å². The molecule has 1 aromatic carbocycles. The molecule has 2 aliphatic carbocycles. The highest BCUT2D eigenvalue weighted by Gasteiger charge is 2.51. The summed E-state index contributed by atoms with van der Waals surface area (Å²) < 4.78 is 47.6. The van der Waals surface area contributed by atoms with Crippen LogP contribution in [0.2, 0.25) is 0 Å². The van der Waals surface area contributed by atoms with Crippen LogP contribution in [0.5, 0.6) is 0 Å². The number of amides is 3. The number of alkyl halides is 3. The second kappa shape index (κ2) is 11.9. The summed E-state index contributed by atoms with van der Waals surface area (Å²) in [4.78, 5) is 45.0. The van der Waals surface area contributed by atoms with Crippen molar-refractivity contribution in [3.05, 3.63) is 46.6 Å². The summed E-state index contributed by atoms with van der Waals surface area (Å²) in [6, 6.07) is 4.92. The molecule has 3 fully saturated rings. The van der Waals surface area contributed by atoms with E-state index in [2.05, 4.69) is 11.4 Å². The Balaban J connectivity index is 1.46. The van der Waals surface area contributed by atoms with Crippen LogP contribution in [0, 0.1) is 17.2 Å². The predicted molar refractivity (Wildman–Crippen MR) is 152 cm³/mol. The molecule has 0 unspecified atom stereocenters. The maximum Gasteiger partial charge on any atom is 0.416 e. The number of nitrogens with zero attached hydrogens (tertiary/aromatic N) is 5. The van der Waals surface area contributed by atoms with E-state index in [1.54, 1.807) is 11.6 Å². The van der Waals surface area contributed by atoms with Crippen molar-refractivity contribution in [2.75, 3.05) is 31.2 Å². The number of rotatable bonds is 8. The van der Waals surface area contributed by atoms with E-state index in [-0.39, 0.29) is 54.2 Å². The van der Waals surface area contributed by atoms with Crippen LogP contribution in [0.3, 0.4) is 0 Å². The summed E-state index contributed by atoms with van der Waals surface area (Å²) >= 11 is 0. The fourth-order valence-corrected chi connectivity index (χ4v) is 6.74. The molecular formula is C31H35F3N6O4. The second-order valence-corrected chi connectivity index (χ2v) is 12.0. The summed E-state index contributed by atoms with van der Waals surface area (Å²) in [6.07, 6.45) is 0.666. The number of hydrogen-bond donors (Lipinski definition) is 1. The molecule has 1 saturated heterocycles. The highest BCUT2D eigenvalue weighted by atomic mass is 19.4. The van der Waals surface area contributed by atoms with Crippen molar-refractivity contribution in [2.45, 2.75) is 82.1 Å². The van der Waals surface area contributed by atoms with Crippen LogP contribution in [0.25, 0.3) is 0 Å². The molecule has 2 atom stereocenters. The predicted octanol–water partition coefficient (Wildman–Crippen LogP) is 4.43. The van der Waals surface area contributed by atoms with Crippen molar-refractivity contribution in [1.29, 1.82) is 5.26 Å². The third kappa shape index (κ3) is 5.44. The Hall–Kier alpha value is -3.92. The highest BCUT2D eigenvalue weighted by molar-refractivity contribution is 6.07. The Morgan fingerprint density at radius 3 is 2.48 bits per heavy atom. The van der Waals surface area contributed by atoms with Crippen molar-refractivity contribution < 1.29 is 32.3 Å². The molecule has 4 aliphatic rings. The topological polar surface area (TPSA) is 121 Å². The van der Waals surface area contributed by atoms with Crippen LogP contribution < -0.4 is 10.2 Å². The average molecular weight is 613 g/mol. The van der Waals surface area contributed by atoms with E-state index in [0.717, 1.165) is 50.3 Å². The molecule has 1 aromatic heterocycles. The summed E-state index contributed by atoms with van der Waals surface area (Å²) in [5, 5.41) is 17.2. The first-order valence-corrected chi connectivity index (χ1v) is 15.3. The van der Waals surface area contributed by atoms with E-state index in [9.17, 15) is 32.8 Å². The molecule has 2 saturated carbocycles. The van der Waals surface area contributed by atoms with Gasteiger partial charge in [-0.1, -0.05) is 12.5 Å². The van der Waals surface area contributed by atoms with Gasteiger partial charge in [0.2, 0.25) is 0 Å². The Morgan fingerprint density at radius 1 is 1.16 bits per heavy atom. The van der Waals surface area contributed by atoms with Gasteiger partial charge in [0.15, 0.2) is 5.69 Å². The molecule has 0 radical (unpaired) electrons. The lowest BCUT2D eigenvalue weighted by molar-refractivity contribution is -0.137. The SMILES string of the molecule is CCN1C(=O)[C@@H](NC(=O)c2cccc(C(F)(F)F)c2)[C@@H](C2CCC2)c2c(C(=O)N(CC#N)C3CC3)nn(C3CCOCC3)c21. The Labute approximate surface area is 253 Å². The zero-order valence-electron chi connectivity index (χ0n) is 24.5. The van der Waals surface area contributed by atoms with Crippen molar-refractivity contribution >= 4 is 23.5 Å². The Bertz CT molecular complexity index is 1490. The number of hydrogen-bond acceptors (Lipinski definition) is 6. The number of carbonyl (C=O) groups excluding carboxylic acids is 3. The lowest BCUT2D eigenvalue weighted by atomic mass is 9.68. The van der Waals surface area contributed by atoms with Crippen molar-refractivity contribution in [3.63, 3.8) is 0 Å². The van der Waals surface area contributed by atoms with Gasteiger partial charge in [0.1, 0.15) is 18.4 Å². The third-order valence-electron chi connectivity index (χ3n) is 9.34. The van der Waals surface area contributed by atoms with Gasteiger partial charge < -0.3 is 15.0 Å². The van der Waals surface area contributed by atoms with Crippen LogP contribution in [0.4, 0.5) is 19.0 Å². The van der Waals surface area contributed by atoms with Gasteiger partial charge in [0.25, 0.3) is 17.7 Å². The molecular weight excluding hydrogens is 577 g/mol. The van der Waals surface area contributed by atoms with Gasteiger partial charge in [0, 0.05) is 42.8 Å². The molecule has 2 aliphatic heterocycles. The van der Waals surface area contributed by atoms with Crippen molar-refractivity contribution in [1.82, 2.24) is 20.0 Å². The minimum absolute atomic E-state index is 0.0484. The summed E-state index contributed by atoms with van der Waals surface area (Å²) in [7, 11) is 0. The maximum absolute atomic E-state index is 14.3. The minimum atomic E-state index is -4.63. The van der Waals surface area contributed by atoms with Crippen LogP contribution in [-0.4, -0.2) is 70.8 Å². The first-order chi connectivity index (χ1) is 21.1. The Kier molecular flexibility index (Phi) is 8.13. The third-order valence-corrected chi connectivity index (χ3v) is 9.34. The van der Waals surface area contributed by atoms with Crippen LogP contribution >= 0.6 is 0 Å². The van der Waals surface area contributed by atoms with Gasteiger partial charge >= 0.3 is 6.18 Å². The largest absolute Gasteiger partial charge is 0.416 e. The lowest BCUT2D eigenvalue weighted by Gasteiger charge is -2.44. The summed E-state index contributed by atoms with van der Waals surface area (Å²) in [5.74, 6) is -1.70. The molecule has 10 nitrogen and oxygen atoms in total. The number of aromatic nitrogens is 2. The van der Waals surface area contributed by atoms with E-state index >= 15 is 0 Å². The number of ether oxygens (including phenoxy) is 1. The molecule has 1 N–H and O–H groups in total. The van der Waals surface area contributed by atoms with Crippen molar-refractivity contribution in [2.24, 2.45) is 5.92 Å². The fourth-order valence-electron chi connectivity index (χ4n) is 6.74. The van der Waals surface area contributed by atoms with Crippen molar-refractivity contribution in [3.8, 4) is 6.07 Å². The zero-order chi connectivity index (χ0) is 31.2. The van der Waals surface area contributed by atoms with Gasteiger partial charge in [-0.25, -0.2) is 4.68 Å². The molecule has 0 bridgehead atoms. The number of fused-ring (bicyclic) bond motifs is 1. The Morgan fingerprint density at radius 2 is 1.89 bits per heavy atom. The van der Waals surface area contributed by atoms with Gasteiger partial charge in [-0.05, 0) is 69.6 Å². The molecule has 0 spiro atoms. The van der Waals surface area contributed by atoms with Gasteiger partial charge in [-0.2, -0.15) is 23.5 Å². The molecule has 234 valence electrons. The van der Waals surface area contributed by atoms with Crippen LogP contribution in [0.15, 0.2) is 24.3 Å². The number of benzene rings is 1. The number of anilines is 1. The molecule has 3 amide bonds. The van der Waals surface area contributed by atoms with E-state index in [1.807, 2.05) is 0 Å². The molecule has 2 aromatic rings. The van der Waals surface area contributed by atoms with E-state index < -0.39 is 29.6 Å². The fraction of sp³-hybridized carbons (Fsp3) is 0.581. The maximum atomic E-state index is 14.3. The first kappa shape index (κ1) is 30.1. The molecule has 44 heavy (non-hydrogen) atoms. The number of carbonyl (C=O) groups is 3. The number of likely N-dealkylation sites (N-methyl/N-ethyl adjacent to an activating group) is 1. The highest BCUT2D eigenvalue weighted by Crippen LogP contribution is 2.50. The number of nitrogens with one attached hydrogen (secondary N) is 1. The van der Waals surface area contributed by atoms with E-state index in [4.69, 9.17) is 9.84 Å². The molecule has 13 heteroatoms. The van der Waals surface area contributed by atoms with Gasteiger partial charge in [-0.15, -0.1) is 0 Å². The summed E-state index contributed by atoms with van der Waals surface area (Å²) in [6.45, 7) is 2.95. The number of nitriles is 1. The van der Waals surface area contributed by atoms with Crippen LogP contribution in [0.1, 0.15) is 95.8 Å². The second-order valence-electron chi connectivity index (χ2n) is 12.0. The number of halogens is 3. The normalized spacial score (nSPS) is 22.6. The van der Waals surface area contributed by atoms with Gasteiger partial charge in [0.05, 0.1) is 17.7 Å². The standard InChI is InChI=1S/C31H35F3N6O4/c1-2-38-28-24(26(30(43)39(14-13-35)21-9-10-21)37-40(28)22-11-15-44-16-12-22)23(18-5-3-6-18)25(29(38)42)36-27(41)19-7-4-8-20(17-19)31(32,33)34/h4,7-8,17-18,21-23,25H,2-3,5-6,9-12,14-16H2,1H3,(H,36,41)/t23-,25-/m0/s1. The van der Waals surface area contributed by atoms with Gasteiger partial charge in [-0.3, -0.25) is 19.3 Å².